The third-order valence-electron chi connectivity index (χ3n) is 5.86. The molecular weight excluding hydrogens is 402 g/mol. The number of piperazine rings is 1. The zero-order valence-electron chi connectivity index (χ0n) is 15.7. The van der Waals surface area contributed by atoms with Gasteiger partial charge in [0, 0.05) is 50.9 Å². The van der Waals surface area contributed by atoms with Crippen LogP contribution in [0.3, 0.4) is 0 Å². The average molecular weight is 428 g/mol. The van der Waals surface area contributed by atoms with Gasteiger partial charge in [-0.15, -0.1) is 0 Å². The van der Waals surface area contributed by atoms with Gasteiger partial charge in [0.1, 0.15) is 0 Å². The van der Waals surface area contributed by atoms with E-state index in [-0.39, 0.29) is 28.4 Å². The van der Waals surface area contributed by atoms with Crippen molar-refractivity contribution in [3.05, 3.63) is 24.3 Å². The molecule has 1 aromatic rings. The highest BCUT2D eigenvalue weighted by atomic mass is 32.2. The minimum atomic E-state index is -3.60. The van der Waals surface area contributed by atoms with Crippen LogP contribution in [0.4, 0.5) is 5.69 Å². The van der Waals surface area contributed by atoms with E-state index in [2.05, 4.69) is 4.90 Å². The first-order valence-corrected chi connectivity index (χ1v) is 12.9. The standard InChI is InChI=1S/C18H25N3O5S2/c22-18-2-1-8-21(18)15-3-5-17(6-4-15)28(25,26)20-11-9-19(10-12-20)16-7-13-27(23,24)14-16/h3-6,16H,1-2,7-14H2/t16-/m0/s1. The van der Waals surface area contributed by atoms with Crippen molar-refractivity contribution >= 4 is 31.5 Å². The molecule has 1 atom stereocenters. The van der Waals surface area contributed by atoms with E-state index in [9.17, 15) is 21.6 Å². The van der Waals surface area contributed by atoms with E-state index >= 15 is 0 Å². The molecule has 0 N–H and O–H groups in total. The van der Waals surface area contributed by atoms with Gasteiger partial charge in [0.2, 0.25) is 15.9 Å². The Balaban J connectivity index is 1.41. The molecule has 28 heavy (non-hydrogen) atoms. The summed E-state index contributed by atoms with van der Waals surface area (Å²) in [5.74, 6) is 0.471. The summed E-state index contributed by atoms with van der Waals surface area (Å²) in [6.07, 6.45) is 1.99. The van der Waals surface area contributed by atoms with E-state index in [1.54, 1.807) is 29.2 Å². The summed E-state index contributed by atoms with van der Waals surface area (Å²) in [5, 5.41) is 0. The summed E-state index contributed by atoms with van der Waals surface area (Å²) in [6.45, 7) is 2.46. The molecule has 3 aliphatic rings. The molecule has 0 radical (unpaired) electrons. The first-order valence-electron chi connectivity index (χ1n) is 9.61. The molecule has 3 fully saturated rings. The highest BCUT2D eigenvalue weighted by Crippen LogP contribution is 2.26. The predicted octanol–water partition coefficient (Wildman–Crippen LogP) is 0.307. The number of anilines is 1. The van der Waals surface area contributed by atoms with E-state index in [1.165, 1.54) is 4.31 Å². The van der Waals surface area contributed by atoms with E-state index in [0.717, 1.165) is 12.1 Å². The molecule has 0 aromatic heterocycles. The van der Waals surface area contributed by atoms with Crippen LogP contribution < -0.4 is 4.90 Å². The molecule has 0 unspecified atom stereocenters. The summed E-state index contributed by atoms with van der Waals surface area (Å²) < 4.78 is 50.7. The summed E-state index contributed by atoms with van der Waals surface area (Å²) >= 11 is 0. The van der Waals surface area contributed by atoms with Gasteiger partial charge in [-0.1, -0.05) is 0 Å². The number of hydrogen-bond donors (Lipinski definition) is 0. The molecule has 3 saturated heterocycles. The molecule has 0 saturated carbocycles. The van der Waals surface area contributed by atoms with Gasteiger partial charge >= 0.3 is 0 Å². The van der Waals surface area contributed by atoms with Crippen LogP contribution in [0.5, 0.6) is 0 Å². The number of nitrogens with zero attached hydrogens (tertiary/aromatic N) is 3. The number of sulfone groups is 1. The van der Waals surface area contributed by atoms with Crippen molar-refractivity contribution in [2.75, 3.05) is 49.1 Å². The Morgan fingerprint density at radius 3 is 2.18 bits per heavy atom. The van der Waals surface area contributed by atoms with Crippen LogP contribution in [0, 0.1) is 0 Å². The normalized spacial score (nSPS) is 26.8. The Kier molecular flexibility index (Phi) is 5.24. The van der Waals surface area contributed by atoms with Gasteiger partial charge in [0.15, 0.2) is 9.84 Å². The molecule has 10 heteroatoms. The van der Waals surface area contributed by atoms with Crippen LogP contribution in [-0.4, -0.2) is 82.2 Å². The lowest BCUT2D eigenvalue weighted by Crippen LogP contribution is -2.52. The summed E-state index contributed by atoms with van der Waals surface area (Å²) in [6, 6.07) is 6.51. The van der Waals surface area contributed by atoms with E-state index in [1.807, 2.05) is 0 Å². The lowest BCUT2D eigenvalue weighted by molar-refractivity contribution is -0.117. The molecule has 1 aromatic carbocycles. The van der Waals surface area contributed by atoms with E-state index < -0.39 is 19.9 Å². The number of benzene rings is 1. The Hall–Kier alpha value is -1.49. The fourth-order valence-electron chi connectivity index (χ4n) is 4.24. The largest absolute Gasteiger partial charge is 0.312 e. The Bertz CT molecular complexity index is 951. The fourth-order valence-corrected chi connectivity index (χ4v) is 7.42. The van der Waals surface area contributed by atoms with Crippen LogP contribution in [0.1, 0.15) is 19.3 Å². The van der Waals surface area contributed by atoms with Crippen LogP contribution in [0.2, 0.25) is 0 Å². The van der Waals surface area contributed by atoms with Crippen LogP contribution >= 0.6 is 0 Å². The molecule has 4 rings (SSSR count). The fraction of sp³-hybridized carbons (Fsp3) is 0.611. The molecular formula is C18H25N3O5S2. The van der Waals surface area contributed by atoms with E-state index in [0.29, 0.717) is 45.6 Å². The number of carbonyl (C=O) groups excluding carboxylic acids is 1. The third kappa shape index (κ3) is 3.83. The average Bonchev–Trinajstić information content (AvgIpc) is 3.27. The summed E-state index contributed by atoms with van der Waals surface area (Å²) in [7, 11) is -6.55. The number of amides is 1. The van der Waals surface area contributed by atoms with Gasteiger partial charge in [0.25, 0.3) is 0 Å². The first-order chi connectivity index (χ1) is 13.3. The van der Waals surface area contributed by atoms with Crippen molar-refractivity contribution < 1.29 is 21.6 Å². The van der Waals surface area contributed by atoms with Gasteiger partial charge < -0.3 is 4.90 Å². The second kappa shape index (κ2) is 7.40. The molecule has 1 amide bonds. The molecule has 0 aliphatic carbocycles. The smallest absolute Gasteiger partial charge is 0.243 e. The lowest BCUT2D eigenvalue weighted by atomic mass is 10.2. The Labute approximate surface area is 166 Å². The predicted molar refractivity (Wildman–Crippen MR) is 105 cm³/mol. The second-order valence-corrected chi connectivity index (χ2v) is 11.8. The van der Waals surface area contributed by atoms with Crippen molar-refractivity contribution in [2.24, 2.45) is 0 Å². The van der Waals surface area contributed by atoms with Gasteiger partial charge in [-0.3, -0.25) is 9.69 Å². The minimum Gasteiger partial charge on any atom is -0.312 e. The number of rotatable bonds is 4. The van der Waals surface area contributed by atoms with Gasteiger partial charge in [-0.05, 0) is 37.1 Å². The molecule has 0 bridgehead atoms. The van der Waals surface area contributed by atoms with Crippen LogP contribution in [0.25, 0.3) is 0 Å². The zero-order valence-corrected chi connectivity index (χ0v) is 17.3. The highest BCUT2D eigenvalue weighted by Gasteiger charge is 2.36. The first kappa shape index (κ1) is 19.8. The van der Waals surface area contributed by atoms with Crippen LogP contribution in [-0.2, 0) is 24.7 Å². The van der Waals surface area contributed by atoms with E-state index in [4.69, 9.17) is 0 Å². The Morgan fingerprint density at radius 2 is 1.64 bits per heavy atom. The number of carbonyl (C=O) groups is 1. The maximum atomic E-state index is 12.9. The third-order valence-corrected chi connectivity index (χ3v) is 9.52. The topological polar surface area (TPSA) is 95.1 Å². The molecule has 8 nitrogen and oxygen atoms in total. The maximum absolute atomic E-state index is 12.9. The van der Waals surface area contributed by atoms with Gasteiger partial charge in [-0.2, -0.15) is 4.31 Å². The van der Waals surface area contributed by atoms with Crippen molar-refractivity contribution in [2.45, 2.75) is 30.2 Å². The number of sulfonamides is 1. The number of hydrogen-bond acceptors (Lipinski definition) is 6. The lowest BCUT2D eigenvalue weighted by Gasteiger charge is -2.37. The monoisotopic (exact) mass is 427 g/mol. The van der Waals surface area contributed by atoms with Crippen molar-refractivity contribution in [3.63, 3.8) is 0 Å². The van der Waals surface area contributed by atoms with Crippen LogP contribution in [0.15, 0.2) is 29.2 Å². The van der Waals surface area contributed by atoms with Crippen molar-refractivity contribution in [1.29, 1.82) is 0 Å². The quantitative estimate of drug-likeness (QED) is 0.686. The minimum absolute atomic E-state index is 0.00661. The van der Waals surface area contributed by atoms with Crippen molar-refractivity contribution in [1.82, 2.24) is 9.21 Å². The van der Waals surface area contributed by atoms with Gasteiger partial charge in [-0.25, -0.2) is 16.8 Å². The van der Waals surface area contributed by atoms with Crippen molar-refractivity contribution in [3.8, 4) is 0 Å². The second-order valence-electron chi connectivity index (χ2n) is 7.64. The molecule has 0 spiro atoms. The zero-order chi connectivity index (χ0) is 19.9. The van der Waals surface area contributed by atoms with Gasteiger partial charge in [0.05, 0.1) is 16.4 Å². The SMILES string of the molecule is O=C1CCCN1c1ccc(S(=O)(=O)N2CCN([C@H]3CCS(=O)(=O)C3)CC2)cc1. The molecule has 154 valence electrons. The highest BCUT2D eigenvalue weighted by molar-refractivity contribution is 7.91. The summed E-state index contributed by atoms with van der Waals surface area (Å²) in [5.41, 5.74) is 0.730. The molecule has 3 heterocycles. The summed E-state index contributed by atoms with van der Waals surface area (Å²) in [4.78, 5) is 15.8. The Morgan fingerprint density at radius 1 is 0.964 bits per heavy atom. The maximum Gasteiger partial charge on any atom is 0.243 e. The molecule has 3 aliphatic heterocycles.